The smallest absolute Gasteiger partial charge is 0.104 e. The van der Waals surface area contributed by atoms with Gasteiger partial charge in [0.15, 0.2) is 0 Å². The van der Waals surface area contributed by atoms with Crippen LogP contribution in [0.3, 0.4) is 0 Å². The van der Waals surface area contributed by atoms with Gasteiger partial charge >= 0.3 is 0 Å². The number of rotatable bonds is 4. The molecular formula is C16H18N2OS. The Balaban J connectivity index is 1.94. The topological polar surface area (TPSA) is 36.4 Å². The van der Waals surface area contributed by atoms with E-state index >= 15 is 0 Å². The highest BCUT2D eigenvalue weighted by Crippen LogP contribution is 2.15. The molecule has 0 fully saturated rings. The van der Waals surface area contributed by atoms with Crippen LogP contribution < -0.4 is 0 Å². The maximum absolute atomic E-state index is 8.66. The molecule has 0 radical (unpaired) electrons. The minimum absolute atomic E-state index is 0.0985. The lowest BCUT2D eigenvalue weighted by Crippen LogP contribution is -2.17. The van der Waals surface area contributed by atoms with Gasteiger partial charge in [-0.2, -0.15) is 0 Å². The third kappa shape index (κ3) is 4.17. The number of hydrogen-bond donors (Lipinski definition) is 1. The first-order valence-corrected chi connectivity index (χ1v) is 7.33. The van der Waals surface area contributed by atoms with Crippen molar-refractivity contribution in [3.05, 3.63) is 51.5 Å². The summed E-state index contributed by atoms with van der Waals surface area (Å²) in [5, 5.41) is 8.66. The number of aliphatic hydroxyl groups excluding tert-OH is 1. The highest BCUT2D eigenvalue weighted by atomic mass is 32.1. The molecule has 2 aromatic rings. The van der Waals surface area contributed by atoms with Gasteiger partial charge in [-0.1, -0.05) is 24.0 Å². The van der Waals surface area contributed by atoms with Gasteiger partial charge in [0.05, 0.1) is 11.2 Å². The Kier molecular flexibility index (Phi) is 5.31. The van der Waals surface area contributed by atoms with Crippen LogP contribution >= 0.6 is 11.3 Å². The van der Waals surface area contributed by atoms with E-state index in [0.717, 1.165) is 24.3 Å². The summed E-state index contributed by atoms with van der Waals surface area (Å²) in [4.78, 5) is 7.86. The molecule has 4 heteroatoms. The van der Waals surface area contributed by atoms with Crippen LogP contribution in [-0.4, -0.2) is 28.6 Å². The van der Waals surface area contributed by atoms with Gasteiger partial charge in [0.25, 0.3) is 0 Å². The third-order valence-electron chi connectivity index (χ3n) is 2.98. The van der Waals surface area contributed by atoms with Gasteiger partial charge in [0.2, 0.25) is 0 Å². The Morgan fingerprint density at radius 2 is 2.00 bits per heavy atom. The molecule has 20 heavy (non-hydrogen) atoms. The van der Waals surface area contributed by atoms with E-state index in [0.29, 0.717) is 0 Å². The zero-order chi connectivity index (χ0) is 14.4. The zero-order valence-electron chi connectivity index (χ0n) is 11.8. The summed E-state index contributed by atoms with van der Waals surface area (Å²) < 4.78 is 0. The molecule has 0 aliphatic carbocycles. The first-order chi connectivity index (χ1) is 9.69. The molecule has 1 heterocycles. The van der Waals surface area contributed by atoms with E-state index in [4.69, 9.17) is 5.11 Å². The summed E-state index contributed by atoms with van der Waals surface area (Å²) >= 11 is 1.71. The first-order valence-electron chi connectivity index (χ1n) is 6.45. The quantitative estimate of drug-likeness (QED) is 0.877. The van der Waals surface area contributed by atoms with E-state index in [1.165, 1.54) is 10.4 Å². The Morgan fingerprint density at radius 3 is 2.60 bits per heavy atom. The predicted molar refractivity (Wildman–Crippen MR) is 82.4 cm³/mol. The van der Waals surface area contributed by atoms with Gasteiger partial charge in [0, 0.05) is 23.5 Å². The molecule has 2 rings (SSSR count). The van der Waals surface area contributed by atoms with E-state index in [-0.39, 0.29) is 6.61 Å². The largest absolute Gasteiger partial charge is 0.384 e. The van der Waals surface area contributed by atoms with Crippen LogP contribution in [0.25, 0.3) is 0 Å². The molecule has 1 aromatic carbocycles. The standard InChI is InChI=1S/C16H18N2OS/c1-13-16(20-12-17-13)11-18(2)10-15-7-5-14(6-8-15)4-3-9-19/h5-8,12,19H,9-11H2,1-2H3. The fourth-order valence-corrected chi connectivity index (χ4v) is 2.78. The molecule has 1 aromatic heterocycles. The summed E-state index contributed by atoms with van der Waals surface area (Å²) in [6.07, 6.45) is 0. The van der Waals surface area contributed by atoms with Crippen molar-refractivity contribution >= 4 is 11.3 Å². The van der Waals surface area contributed by atoms with Crippen molar-refractivity contribution in [2.45, 2.75) is 20.0 Å². The maximum atomic E-state index is 8.66. The highest BCUT2D eigenvalue weighted by molar-refractivity contribution is 7.09. The van der Waals surface area contributed by atoms with E-state index in [1.807, 2.05) is 24.6 Å². The van der Waals surface area contributed by atoms with Gasteiger partial charge < -0.3 is 5.11 Å². The van der Waals surface area contributed by atoms with Crippen LogP contribution in [0.1, 0.15) is 21.7 Å². The summed E-state index contributed by atoms with van der Waals surface area (Å²) in [5.74, 6) is 5.55. The van der Waals surface area contributed by atoms with E-state index < -0.39 is 0 Å². The van der Waals surface area contributed by atoms with Crippen LogP contribution in [0.4, 0.5) is 0 Å². The Hall–Kier alpha value is -1.67. The van der Waals surface area contributed by atoms with Crippen LogP contribution in [0.2, 0.25) is 0 Å². The fraction of sp³-hybridized carbons (Fsp3) is 0.312. The summed E-state index contributed by atoms with van der Waals surface area (Å²) in [7, 11) is 2.11. The molecule has 0 unspecified atom stereocenters. The monoisotopic (exact) mass is 286 g/mol. The lowest BCUT2D eigenvalue weighted by atomic mass is 10.1. The maximum Gasteiger partial charge on any atom is 0.104 e. The molecular weight excluding hydrogens is 268 g/mol. The van der Waals surface area contributed by atoms with Crippen LogP contribution in [-0.2, 0) is 13.1 Å². The Bertz CT molecular complexity index is 607. The van der Waals surface area contributed by atoms with Crippen LogP contribution in [0.5, 0.6) is 0 Å². The van der Waals surface area contributed by atoms with Crippen molar-refractivity contribution in [2.24, 2.45) is 0 Å². The predicted octanol–water partition coefficient (Wildman–Crippen LogP) is 2.43. The number of aryl methyl sites for hydroxylation is 1. The molecule has 0 spiro atoms. The van der Waals surface area contributed by atoms with Crippen molar-refractivity contribution in [3.8, 4) is 11.8 Å². The normalized spacial score (nSPS) is 10.4. The second kappa shape index (κ2) is 7.20. The molecule has 3 nitrogen and oxygen atoms in total. The van der Waals surface area contributed by atoms with E-state index in [2.05, 4.69) is 40.9 Å². The van der Waals surface area contributed by atoms with E-state index in [9.17, 15) is 0 Å². The first kappa shape index (κ1) is 14.7. The molecule has 0 saturated carbocycles. The summed E-state index contributed by atoms with van der Waals surface area (Å²) in [6, 6.07) is 8.14. The Labute approximate surface area is 123 Å². The number of aromatic nitrogens is 1. The fourth-order valence-electron chi connectivity index (χ4n) is 1.93. The lowest BCUT2D eigenvalue weighted by Gasteiger charge is -2.16. The van der Waals surface area contributed by atoms with Crippen LogP contribution in [0, 0.1) is 18.8 Å². The Morgan fingerprint density at radius 1 is 1.25 bits per heavy atom. The number of nitrogens with zero attached hydrogens (tertiary/aromatic N) is 2. The van der Waals surface area contributed by atoms with Crippen molar-refractivity contribution in [1.29, 1.82) is 0 Å². The second-order valence-electron chi connectivity index (χ2n) is 4.69. The van der Waals surface area contributed by atoms with Gasteiger partial charge in [-0.05, 0) is 31.7 Å². The molecule has 104 valence electrons. The zero-order valence-corrected chi connectivity index (χ0v) is 12.6. The average molecular weight is 286 g/mol. The SMILES string of the molecule is Cc1ncsc1CN(C)Cc1ccc(C#CCO)cc1. The lowest BCUT2D eigenvalue weighted by molar-refractivity contribution is 0.321. The number of hydrogen-bond acceptors (Lipinski definition) is 4. The van der Waals surface area contributed by atoms with Crippen molar-refractivity contribution in [3.63, 3.8) is 0 Å². The molecule has 0 aliphatic heterocycles. The minimum Gasteiger partial charge on any atom is -0.384 e. The average Bonchev–Trinajstić information content (AvgIpc) is 2.83. The number of aliphatic hydroxyl groups is 1. The van der Waals surface area contributed by atoms with Gasteiger partial charge in [-0.25, -0.2) is 4.98 Å². The van der Waals surface area contributed by atoms with Crippen molar-refractivity contribution < 1.29 is 5.11 Å². The summed E-state index contributed by atoms with van der Waals surface area (Å²) in [6.45, 7) is 3.76. The van der Waals surface area contributed by atoms with Crippen molar-refractivity contribution in [2.75, 3.05) is 13.7 Å². The molecule has 0 bridgehead atoms. The molecule has 0 amide bonds. The van der Waals surface area contributed by atoms with Gasteiger partial charge in [-0.15, -0.1) is 11.3 Å². The third-order valence-corrected chi connectivity index (χ3v) is 3.90. The van der Waals surface area contributed by atoms with Gasteiger partial charge in [0.1, 0.15) is 6.61 Å². The van der Waals surface area contributed by atoms with Crippen LogP contribution in [0.15, 0.2) is 29.8 Å². The van der Waals surface area contributed by atoms with Crippen molar-refractivity contribution in [1.82, 2.24) is 9.88 Å². The van der Waals surface area contributed by atoms with Gasteiger partial charge in [-0.3, -0.25) is 4.90 Å². The minimum atomic E-state index is -0.0985. The summed E-state index contributed by atoms with van der Waals surface area (Å²) in [5.41, 5.74) is 5.21. The number of benzene rings is 1. The molecule has 0 atom stereocenters. The molecule has 0 saturated heterocycles. The molecule has 1 N–H and O–H groups in total. The van der Waals surface area contributed by atoms with E-state index in [1.54, 1.807) is 11.3 Å². The highest BCUT2D eigenvalue weighted by Gasteiger charge is 2.06. The number of thiazole rings is 1. The second-order valence-corrected chi connectivity index (χ2v) is 5.63. The molecule has 0 aliphatic rings.